The molecule has 3 aromatic rings. The number of benzene rings is 2. The van der Waals surface area contributed by atoms with Crippen LogP contribution in [0.5, 0.6) is 0 Å². The Morgan fingerprint density at radius 1 is 1.08 bits per heavy atom. The highest BCUT2D eigenvalue weighted by atomic mass is 16.7. The number of fused-ring (bicyclic) bond motifs is 1. The van der Waals surface area contributed by atoms with E-state index in [1.54, 1.807) is 6.20 Å². The van der Waals surface area contributed by atoms with Gasteiger partial charge in [0.05, 0.1) is 18.2 Å². The number of aromatic nitrogens is 1. The highest BCUT2D eigenvalue weighted by Crippen LogP contribution is 2.29. The van der Waals surface area contributed by atoms with E-state index in [-0.39, 0.29) is 31.2 Å². The van der Waals surface area contributed by atoms with Gasteiger partial charge in [0.15, 0.2) is 0 Å². The van der Waals surface area contributed by atoms with Gasteiger partial charge in [-0.25, -0.2) is 0 Å². The first kappa shape index (κ1) is 26.3. The molecule has 0 bridgehead atoms. The van der Waals surface area contributed by atoms with E-state index < -0.39 is 24.6 Å². The number of amides is 2. The van der Waals surface area contributed by atoms with Crippen LogP contribution in [-0.4, -0.2) is 57.8 Å². The van der Waals surface area contributed by atoms with Crippen molar-refractivity contribution >= 4 is 35.4 Å². The molecule has 0 radical (unpaired) electrons. The standard InChI is InChI=1S/C27H31BN4O5/c1-18(2)14-23(28(35)36)31-26(34)27(15-19-8-4-3-5-9-19)16-21(32-37-27)17-30-25(33)24-22-11-7-6-10-20(22)12-13-29-24/h3-13,18,23,35-36H,14-17H2,1-2H3,(H,30,33)(H,31,34). The number of carbonyl (C=O) groups excluding carboxylic acids is 2. The van der Waals surface area contributed by atoms with Gasteiger partial charge >= 0.3 is 7.12 Å². The first-order valence-electron chi connectivity index (χ1n) is 12.3. The van der Waals surface area contributed by atoms with Crippen molar-refractivity contribution in [3.8, 4) is 0 Å². The highest BCUT2D eigenvalue weighted by Gasteiger charge is 2.48. The number of nitrogens with zero attached hydrogens (tertiary/aromatic N) is 2. The Hall–Kier alpha value is -3.76. The summed E-state index contributed by atoms with van der Waals surface area (Å²) in [6.07, 6.45) is 2.33. The molecule has 0 saturated heterocycles. The molecular formula is C27H31BN4O5. The van der Waals surface area contributed by atoms with Crippen molar-refractivity contribution in [2.75, 3.05) is 6.54 Å². The van der Waals surface area contributed by atoms with Crippen LogP contribution in [0.25, 0.3) is 10.8 Å². The Morgan fingerprint density at radius 2 is 1.81 bits per heavy atom. The minimum Gasteiger partial charge on any atom is -0.426 e. The van der Waals surface area contributed by atoms with Crippen molar-refractivity contribution in [3.63, 3.8) is 0 Å². The Morgan fingerprint density at radius 3 is 2.54 bits per heavy atom. The molecule has 4 N–H and O–H groups in total. The van der Waals surface area contributed by atoms with Crippen molar-refractivity contribution in [2.24, 2.45) is 11.1 Å². The van der Waals surface area contributed by atoms with Gasteiger partial charge in [-0.3, -0.25) is 14.6 Å². The maximum atomic E-state index is 13.5. The average Bonchev–Trinajstić information content (AvgIpc) is 3.30. The van der Waals surface area contributed by atoms with Crippen LogP contribution < -0.4 is 10.6 Å². The molecular weight excluding hydrogens is 471 g/mol. The summed E-state index contributed by atoms with van der Waals surface area (Å²) >= 11 is 0. The highest BCUT2D eigenvalue weighted by molar-refractivity contribution is 6.43. The minimum absolute atomic E-state index is 0.0750. The second-order valence-corrected chi connectivity index (χ2v) is 9.77. The van der Waals surface area contributed by atoms with Crippen molar-refractivity contribution in [1.82, 2.24) is 15.6 Å². The predicted molar refractivity (Wildman–Crippen MR) is 142 cm³/mol. The van der Waals surface area contributed by atoms with Crippen LogP contribution in [0.15, 0.2) is 72.0 Å². The molecule has 0 spiro atoms. The molecule has 1 aliphatic rings. The maximum Gasteiger partial charge on any atom is 0.475 e. The Bertz CT molecular complexity index is 1280. The van der Waals surface area contributed by atoms with Gasteiger partial charge in [-0.15, -0.1) is 0 Å². The fraction of sp³-hybridized carbons (Fsp3) is 0.333. The van der Waals surface area contributed by atoms with Gasteiger partial charge < -0.3 is 25.5 Å². The van der Waals surface area contributed by atoms with Crippen molar-refractivity contribution in [1.29, 1.82) is 0 Å². The molecule has 1 aliphatic heterocycles. The largest absolute Gasteiger partial charge is 0.475 e. The second kappa shape index (κ2) is 11.5. The lowest BCUT2D eigenvalue weighted by molar-refractivity contribution is -0.144. The molecule has 9 nitrogen and oxygen atoms in total. The summed E-state index contributed by atoms with van der Waals surface area (Å²) < 4.78 is 0. The van der Waals surface area contributed by atoms with E-state index in [0.29, 0.717) is 17.8 Å². The molecule has 2 amide bonds. The monoisotopic (exact) mass is 502 g/mol. The van der Waals surface area contributed by atoms with Crippen molar-refractivity contribution in [3.05, 3.63) is 78.1 Å². The number of carbonyl (C=O) groups is 2. The van der Waals surface area contributed by atoms with E-state index in [1.807, 2.05) is 74.5 Å². The molecule has 10 heteroatoms. The molecule has 0 aliphatic carbocycles. The van der Waals surface area contributed by atoms with Crippen LogP contribution in [-0.2, 0) is 16.1 Å². The minimum atomic E-state index is -1.71. The number of hydrogen-bond donors (Lipinski definition) is 4. The van der Waals surface area contributed by atoms with Gasteiger partial charge in [-0.1, -0.05) is 73.6 Å². The van der Waals surface area contributed by atoms with E-state index in [2.05, 4.69) is 20.8 Å². The normalized spacial score (nSPS) is 17.7. The molecule has 4 rings (SSSR count). The van der Waals surface area contributed by atoms with Crippen molar-refractivity contribution in [2.45, 2.75) is 44.7 Å². The van der Waals surface area contributed by atoms with Gasteiger partial charge in [0.1, 0.15) is 5.69 Å². The number of rotatable bonds is 10. The van der Waals surface area contributed by atoms with E-state index in [0.717, 1.165) is 16.3 Å². The molecule has 2 aromatic carbocycles. The first-order valence-corrected chi connectivity index (χ1v) is 12.3. The summed E-state index contributed by atoms with van der Waals surface area (Å²) in [5.74, 6) is -1.57. The number of nitrogens with one attached hydrogen (secondary N) is 2. The molecule has 1 aromatic heterocycles. The summed E-state index contributed by atoms with van der Waals surface area (Å²) in [6, 6.07) is 18.7. The fourth-order valence-corrected chi connectivity index (χ4v) is 4.49. The second-order valence-electron chi connectivity index (χ2n) is 9.77. The molecule has 2 heterocycles. The maximum absolute atomic E-state index is 13.5. The third-order valence-corrected chi connectivity index (χ3v) is 6.33. The molecule has 37 heavy (non-hydrogen) atoms. The fourth-order valence-electron chi connectivity index (χ4n) is 4.49. The quantitative estimate of drug-likeness (QED) is 0.315. The van der Waals surface area contributed by atoms with E-state index >= 15 is 0 Å². The predicted octanol–water partition coefficient (Wildman–Crippen LogP) is 2.27. The average molecular weight is 502 g/mol. The lowest BCUT2D eigenvalue weighted by Crippen LogP contribution is -2.56. The third-order valence-electron chi connectivity index (χ3n) is 6.33. The van der Waals surface area contributed by atoms with Crippen molar-refractivity contribution < 1.29 is 24.5 Å². The van der Waals surface area contributed by atoms with Crippen LogP contribution >= 0.6 is 0 Å². The summed E-state index contributed by atoms with van der Waals surface area (Å²) in [6.45, 7) is 3.94. The lowest BCUT2D eigenvalue weighted by Gasteiger charge is -2.29. The Balaban J connectivity index is 1.48. The molecule has 192 valence electrons. The topological polar surface area (TPSA) is 133 Å². The van der Waals surface area contributed by atoms with E-state index in [1.165, 1.54) is 0 Å². The summed E-state index contributed by atoms with van der Waals surface area (Å²) in [5, 5.41) is 31.0. The van der Waals surface area contributed by atoms with Crippen LogP contribution in [0, 0.1) is 5.92 Å². The number of pyridine rings is 1. The van der Waals surface area contributed by atoms with E-state index in [9.17, 15) is 19.6 Å². The van der Waals surface area contributed by atoms with Gasteiger partial charge in [0.25, 0.3) is 11.8 Å². The zero-order valence-electron chi connectivity index (χ0n) is 20.9. The van der Waals surface area contributed by atoms with Crippen LogP contribution in [0.1, 0.15) is 42.7 Å². The van der Waals surface area contributed by atoms with Crippen LogP contribution in [0.2, 0.25) is 0 Å². The lowest BCUT2D eigenvalue weighted by atomic mass is 9.74. The zero-order chi connectivity index (χ0) is 26.4. The smallest absolute Gasteiger partial charge is 0.426 e. The van der Waals surface area contributed by atoms with E-state index in [4.69, 9.17) is 4.84 Å². The summed E-state index contributed by atoms with van der Waals surface area (Å²) in [5.41, 5.74) is 0.274. The van der Waals surface area contributed by atoms with Crippen LogP contribution in [0.4, 0.5) is 0 Å². The molecule has 2 unspecified atom stereocenters. The number of oxime groups is 1. The van der Waals surface area contributed by atoms with Gasteiger partial charge in [0, 0.05) is 24.4 Å². The molecule has 0 saturated carbocycles. The molecule has 2 atom stereocenters. The zero-order valence-corrected chi connectivity index (χ0v) is 20.9. The number of hydrogen-bond acceptors (Lipinski definition) is 7. The summed E-state index contributed by atoms with van der Waals surface area (Å²) in [4.78, 5) is 36.4. The third kappa shape index (κ3) is 6.33. The SMILES string of the molecule is CC(C)CC(NC(=O)C1(Cc2ccccc2)CC(CNC(=O)c2nccc3ccccc23)=NO1)B(O)O. The first-order chi connectivity index (χ1) is 17.8. The van der Waals surface area contributed by atoms with Gasteiger partial charge in [0.2, 0.25) is 5.60 Å². The Labute approximate surface area is 216 Å². The van der Waals surface area contributed by atoms with Crippen LogP contribution in [0.3, 0.4) is 0 Å². The summed E-state index contributed by atoms with van der Waals surface area (Å²) in [7, 11) is -1.71. The molecule has 0 fully saturated rings. The Kier molecular flexibility index (Phi) is 8.20. The van der Waals surface area contributed by atoms with Gasteiger partial charge in [-0.2, -0.15) is 0 Å². The van der Waals surface area contributed by atoms with Gasteiger partial charge in [-0.05, 0) is 29.4 Å².